The van der Waals surface area contributed by atoms with Crippen LogP contribution in [0.25, 0.3) is 0 Å². The first-order chi connectivity index (χ1) is 10.0. The number of carboxylic acid groups (broad SMARTS) is 1. The van der Waals surface area contributed by atoms with Gasteiger partial charge in [-0.1, -0.05) is 0 Å². The molecular formula is C16H29N3O2. The number of likely N-dealkylation sites (N-methyl/N-ethyl adjacent to an activating group) is 1. The van der Waals surface area contributed by atoms with Crippen LogP contribution in [0.5, 0.6) is 0 Å². The molecule has 0 aromatic carbocycles. The minimum absolute atomic E-state index is 0.329. The highest BCUT2D eigenvalue weighted by Gasteiger charge is 2.54. The van der Waals surface area contributed by atoms with E-state index >= 15 is 0 Å². The molecule has 5 nitrogen and oxygen atoms in total. The molecule has 5 heteroatoms. The lowest BCUT2D eigenvalue weighted by molar-refractivity contribution is -0.147. The van der Waals surface area contributed by atoms with Gasteiger partial charge in [0, 0.05) is 25.2 Å². The van der Waals surface area contributed by atoms with Gasteiger partial charge in [-0.25, -0.2) is 0 Å². The van der Waals surface area contributed by atoms with Gasteiger partial charge in [0.1, 0.15) is 5.54 Å². The van der Waals surface area contributed by atoms with Crippen molar-refractivity contribution in [2.45, 2.75) is 56.1 Å². The van der Waals surface area contributed by atoms with Crippen LogP contribution in [-0.4, -0.2) is 72.2 Å². The number of hydrogen-bond acceptors (Lipinski definition) is 4. The second kappa shape index (κ2) is 5.86. The van der Waals surface area contributed by atoms with Gasteiger partial charge in [-0.15, -0.1) is 0 Å². The summed E-state index contributed by atoms with van der Waals surface area (Å²) in [6.45, 7) is 2.72. The average Bonchev–Trinajstić information content (AvgIpc) is 3.31. The summed E-state index contributed by atoms with van der Waals surface area (Å²) in [4.78, 5) is 16.7. The number of hydrogen-bond donors (Lipinski definition) is 2. The SMILES string of the molecule is CN(C)C1CCCN(CC(NC2CC2)(C(=O)O)C2CC2)C1. The summed E-state index contributed by atoms with van der Waals surface area (Å²) in [6, 6.07) is 1.00. The number of rotatable bonds is 7. The predicted molar refractivity (Wildman–Crippen MR) is 82.4 cm³/mol. The Balaban J connectivity index is 1.69. The zero-order valence-corrected chi connectivity index (χ0v) is 13.3. The van der Waals surface area contributed by atoms with Gasteiger partial charge in [0.25, 0.3) is 0 Å². The molecule has 0 amide bonds. The maximum absolute atomic E-state index is 12.1. The van der Waals surface area contributed by atoms with Gasteiger partial charge in [0.2, 0.25) is 0 Å². The summed E-state index contributed by atoms with van der Waals surface area (Å²) in [5.41, 5.74) is -0.699. The monoisotopic (exact) mass is 295 g/mol. The number of nitrogens with one attached hydrogen (secondary N) is 1. The van der Waals surface area contributed by atoms with Crippen molar-refractivity contribution >= 4 is 5.97 Å². The van der Waals surface area contributed by atoms with Crippen LogP contribution in [0.1, 0.15) is 38.5 Å². The predicted octanol–water partition coefficient (Wildman–Crippen LogP) is 0.998. The van der Waals surface area contributed by atoms with E-state index < -0.39 is 11.5 Å². The first-order valence-corrected chi connectivity index (χ1v) is 8.41. The number of piperidine rings is 1. The molecule has 3 rings (SSSR count). The lowest BCUT2D eigenvalue weighted by atomic mass is 9.90. The van der Waals surface area contributed by atoms with Gasteiger partial charge in [0.15, 0.2) is 0 Å². The van der Waals surface area contributed by atoms with Crippen LogP contribution in [-0.2, 0) is 4.79 Å². The third kappa shape index (κ3) is 3.41. The van der Waals surface area contributed by atoms with Crippen molar-refractivity contribution in [2.24, 2.45) is 5.92 Å². The summed E-state index contributed by atoms with van der Waals surface area (Å²) in [5, 5.41) is 13.4. The molecule has 2 aliphatic carbocycles. The summed E-state index contributed by atoms with van der Waals surface area (Å²) >= 11 is 0. The second-order valence-corrected chi connectivity index (χ2v) is 7.46. The third-order valence-corrected chi connectivity index (χ3v) is 5.38. The first-order valence-electron chi connectivity index (χ1n) is 8.41. The zero-order valence-electron chi connectivity index (χ0n) is 13.3. The number of likely N-dealkylation sites (tertiary alicyclic amines) is 1. The smallest absolute Gasteiger partial charge is 0.325 e. The van der Waals surface area contributed by atoms with Crippen molar-refractivity contribution in [3.63, 3.8) is 0 Å². The molecular weight excluding hydrogens is 266 g/mol. The molecule has 0 radical (unpaired) electrons. The van der Waals surface area contributed by atoms with Gasteiger partial charge in [-0.2, -0.15) is 0 Å². The Morgan fingerprint density at radius 3 is 2.52 bits per heavy atom. The molecule has 1 saturated heterocycles. The highest BCUT2D eigenvalue weighted by Crippen LogP contribution is 2.42. The molecule has 2 atom stereocenters. The van der Waals surface area contributed by atoms with Gasteiger partial charge in [0.05, 0.1) is 0 Å². The Kier molecular flexibility index (Phi) is 4.26. The van der Waals surface area contributed by atoms with E-state index in [9.17, 15) is 9.90 Å². The van der Waals surface area contributed by atoms with Crippen molar-refractivity contribution in [3.05, 3.63) is 0 Å². The maximum Gasteiger partial charge on any atom is 0.325 e. The van der Waals surface area contributed by atoms with Crippen LogP contribution in [0, 0.1) is 5.92 Å². The average molecular weight is 295 g/mol. The molecule has 3 aliphatic rings. The Bertz CT molecular complexity index is 393. The van der Waals surface area contributed by atoms with Gasteiger partial charge in [-0.05, 0) is 65.1 Å². The van der Waals surface area contributed by atoms with Crippen LogP contribution in [0.4, 0.5) is 0 Å². The molecule has 1 heterocycles. The zero-order chi connectivity index (χ0) is 15.0. The van der Waals surface area contributed by atoms with Crippen LogP contribution >= 0.6 is 0 Å². The van der Waals surface area contributed by atoms with E-state index in [4.69, 9.17) is 0 Å². The fourth-order valence-electron chi connectivity index (χ4n) is 3.71. The molecule has 120 valence electrons. The maximum atomic E-state index is 12.1. The highest BCUT2D eigenvalue weighted by molar-refractivity contribution is 5.80. The van der Waals surface area contributed by atoms with Crippen LogP contribution in [0.2, 0.25) is 0 Å². The van der Waals surface area contributed by atoms with E-state index in [2.05, 4.69) is 29.2 Å². The van der Waals surface area contributed by atoms with Crippen molar-refractivity contribution in [1.29, 1.82) is 0 Å². The van der Waals surface area contributed by atoms with Crippen molar-refractivity contribution in [3.8, 4) is 0 Å². The Labute approximate surface area is 127 Å². The Morgan fingerprint density at radius 2 is 2.00 bits per heavy atom. The third-order valence-electron chi connectivity index (χ3n) is 5.38. The van der Waals surface area contributed by atoms with E-state index in [1.54, 1.807) is 0 Å². The van der Waals surface area contributed by atoms with Crippen LogP contribution in [0.3, 0.4) is 0 Å². The normalized spacial score (nSPS) is 30.3. The standard InChI is InChI=1S/C16H29N3O2/c1-18(2)14-4-3-9-19(10-14)11-16(15(20)21,12-5-6-12)17-13-7-8-13/h12-14,17H,3-11H2,1-2H3,(H,20,21). The number of carbonyl (C=O) groups is 1. The van der Waals surface area contributed by atoms with Gasteiger partial charge < -0.3 is 10.0 Å². The molecule has 0 bridgehead atoms. The van der Waals surface area contributed by atoms with Gasteiger partial charge >= 0.3 is 5.97 Å². The molecule has 21 heavy (non-hydrogen) atoms. The Hall–Kier alpha value is -0.650. The van der Waals surface area contributed by atoms with E-state index in [0.29, 0.717) is 24.5 Å². The molecule has 2 unspecified atom stereocenters. The van der Waals surface area contributed by atoms with E-state index in [-0.39, 0.29) is 0 Å². The number of carboxylic acids is 1. The molecule has 0 aromatic heterocycles. The van der Waals surface area contributed by atoms with E-state index in [1.165, 1.54) is 12.8 Å². The molecule has 0 aromatic rings. The molecule has 0 spiro atoms. The lowest BCUT2D eigenvalue weighted by Crippen LogP contribution is -2.63. The molecule has 2 saturated carbocycles. The largest absolute Gasteiger partial charge is 0.480 e. The minimum Gasteiger partial charge on any atom is -0.480 e. The highest BCUT2D eigenvalue weighted by atomic mass is 16.4. The van der Waals surface area contributed by atoms with E-state index in [0.717, 1.165) is 38.8 Å². The van der Waals surface area contributed by atoms with Crippen LogP contribution in [0.15, 0.2) is 0 Å². The lowest BCUT2D eigenvalue weighted by Gasteiger charge is -2.41. The first kappa shape index (κ1) is 15.3. The van der Waals surface area contributed by atoms with Crippen molar-refractivity contribution < 1.29 is 9.90 Å². The quantitative estimate of drug-likeness (QED) is 0.734. The van der Waals surface area contributed by atoms with Crippen LogP contribution < -0.4 is 5.32 Å². The summed E-state index contributed by atoms with van der Waals surface area (Å²) in [6.07, 6.45) is 6.81. The second-order valence-electron chi connectivity index (χ2n) is 7.46. The van der Waals surface area contributed by atoms with Gasteiger partial charge in [-0.3, -0.25) is 15.0 Å². The van der Waals surface area contributed by atoms with E-state index in [1.807, 2.05) is 0 Å². The molecule has 2 N–H and O–H groups in total. The topological polar surface area (TPSA) is 55.8 Å². The molecule has 3 fully saturated rings. The Morgan fingerprint density at radius 1 is 1.29 bits per heavy atom. The molecule has 1 aliphatic heterocycles. The van der Waals surface area contributed by atoms with Crippen molar-refractivity contribution in [1.82, 2.24) is 15.1 Å². The summed E-state index contributed by atoms with van der Waals surface area (Å²) < 4.78 is 0. The number of nitrogens with zero attached hydrogens (tertiary/aromatic N) is 2. The number of aliphatic carboxylic acids is 1. The van der Waals surface area contributed by atoms with Crippen molar-refractivity contribution in [2.75, 3.05) is 33.7 Å². The fraction of sp³-hybridized carbons (Fsp3) is 0.938. The minimum atomic E-state index is -0.699. The fourth-order valence-corrected chi connectivity index (χ4v) is 3.71. The summed E-state index contributed by atoms with van der Waals surface area (Å²) in [5.74, 6) is -0.306. The summed E-state index contributed by atoms with van der Waals surface area (Å²) in [7, 11) is 4.25.